The lowest BCUT2D eigenvalue weighted by Crippen LogP contribution is -2.44. The van der Waals surface area contributed by atoms with Crippen LogP contribution in [0.25, 0.3) is 0 Å². The molecule has 1 aromatic heterocycles. The molecule has 0 fully saturated rings. The molecule has 6 heteroatoms. The molecule has 0 bridgehead atoms. The molecule has 128 valence electrons. The molecule has 0 spiro atoms. The first-order valence-corrected chi connectivity index (χ1v) is 8.12. The molecule has 0 aromatic carbocycles. The maximum atomic E-state index is 12.1. The Morgan fingerprint density at radius 1 is 1.30 bits per heavy atom. The first-order chi connectivity index (χ1) is 11.0. The maximum Gasteiger partial charge on any atom is 0.311 e. The smallest absolute Gasteiger partial charge is 0.311 e. The van der Waals surface area contributed by atoms with Crippen LogP contribution in [0.2, 0.25) is 0 Å². The van der Waals surface area contributed by atoms with Gasteiger partial charge < -0.3 is 15.0 Å². The zero-order valence-corrected chi connectivity index (χ0v) is 14.2. The number of pyridine rings is 1. The molecule has 0 saturated heterocycles. The van der Waals surface area contributed by atoms with Crippen molar-refractivity contribution in [3.8, 4) is 0 Å². The molecule has 0 aliphatic heterocycles. The fourth-order valence-corrected chi connectivity index (χ4v) is 2.03. The minimum atomic E-state index is -0.550. The summed E-state index contributed by atoms with van der Waals surface area (Å²) >= 11 is 0. The van der Waals surface area contributed by atoms with Crippen LogP contribution in [0.1, 0.15) is 32.8 Å². The molecule has 0 atom stereocenters. The summed E-state index contributed by atoms with van der Waals surface area (Å²) in [5, 5.41) is 2.65. The predicted molar refractivity (Wildman–Crippen MR) is 88.9 cm³/mol. The van der Waals surface area contributed by atoms with Gasteiger partial charge in [-0.2, -0.15) is 0 Å². The van der Waals surface area contributed by atoms with Crippen molar-refractivity contribution in [1.82, 2.24) is 15.2 Å². The molecular weight excluding hydrogens is 294 g/mol. The van der Waals surface area contributed by atoms with Gasteiger partial charge in [-0.05, 0) is 51.3 Å². The lowest BCUT2D eigenvalue weighted by Gasteiger charge is -2.20. The number of carbonyl (C=O) groups excluding carboxylic acids is 2. The third-order valence-electron chi connectivity index (χ3n) is 3.34. The van der Waals surface area contributed by atoms with Crippen LogP contribution in [-0.2, 0) is 20.7 Å². The molecule has 1 N–H and O–H groups in total. The molecule has 0 aliphatic rings. The molecule has 23 heavy (non-hydrogen) atoms. The first kappa shape index (κ1) is 19.1. The van der Waals surface area contributed by atoms with E-state index in [2.05, 4.69) is 10.3 Å². The van der Waals surface area contributed by atoms with Crippen molar-refractivity contribution in [1.29, 1.82) is 0 Å². The molecule has 0 radical (unpaired) electrons. The SMILES string of the molecule is CCN(CCc1ccncc1)C(=O)C(=O)NCCCOC(C)C. The monoisotopic (exact) mass is 321 g/mol. The quantitative estimate of drug-likeness (QED) is 0.551. The van der Waals surface area contributed by atoms with Crippen molar-refractivity contribution in [3.05, 3.63) is 30.1 Å². The van der Waals surface area contributed by atoms with Gasteiger partial charge in [0.25, 0.3) is 0 Å². The second-order valence-corrected chi connectivity index (χ2v) is 5.52. The molecule has 0 saturated carbocycles. The Kier molecular flexibility index (Phi) is 8.90. The number of nitrogens with one attached hydrogen (secondary N) is 1. The lowest BCUT2D eigenvalue weighted by atomic mass is 10.2. The number of carbonyl (C=O) groups is 2. The summed E-state index contributed by atoms with van der Waals surface area (Å²) < 4.78 is 5.39. The molecule has 1 rings (SSSR count). The summed E-state index contributed by atoms with van der Waals surface area (Å²) in [6.45, 7) is 7.84. The summed E-state index contributed by atoms with van der Waals surface area (Å²) in [5.41, 5.74) is 1.09. The van der Waals surface area contributed by atoms with Crippen LogP contribution >= 0.6 is 0 Å². The number of aromatic nitrogens is 1. The molecular formula is C17H27N3O3. The molecule has 6 nitrogen and oxygen atoms in total. The van der Waals surface area contributed by atoms with Crippen molar-refractivity contribution in [2.45, 2.75) is 39.7 Å². The van der Waals surface area contributed by atoms with E-state index in [-0.39, 0.29) is 6.10 Å². The van der Waals surface area contributed by atoms with Gasteiger partial charge >= 0.3 is 11.8 Å². The zero-order valence-electron chi connectivity index (χ0n) is 14.2. The summed E-state index contributed by atoms with van der Waals surface area (Å²) in [4.78, 5) is 29.6. The van der Waals surface area contributed by atoms with E-state index in [4.69, 9.17) is 4.74 Å². The summed E-state index contributed by atoms with van der Waals surface area (Å²) in [6.07, 6.45) is 5.02. The van der Waals surface area contributed by atoms with Crippen LogP contribution in [0.4, 0.5) is 0 Å². The maximum absolute atomic E-state index is 12.1. The molecule has 0 unspecified atom stereocenters. The van der Waals surface area contributed by atoms with Crippen molar-refractivity contribution >= 4 is 11.8 Å². The zero-order chi connectivity index (χ0) is 17.1. The topological polar surface area (TPSA) is 71.5 Å². The molecule has 1 heterocycles. The van der Waals surface area contributed by atoms with E-state index in [1.165, 1.54) is 0 Å². The number of hydrogen-bond donors (Lipinski definition) is 1. The van der Waals surface area contributed by atoms with E-state index in [0.29, 0.717) is 39.1 Å². The van der Waals surface area contributed by atoms with E-state index in [9.17, 15) is 9.59 Å². The standard InChI is InChI=1S/C17H27N3O3/c1-4-20(12-8-15-6-10-18-11-7-15)17(22)16(21)19-9-5-13-23-14(2)3/h6-7,10-11,14H,4-5,8-9,12-13H2,1-3H3,(H,19,21). The molecule has 0 aliphatic carbocycles. The number of hydrogen-bond acceptors (Lipinski definition) is 4. The van der Waals surface area contributed by atoms with E-state index in [1.54, 1.807) is 17.3 Å². The highest BCUT2D eigenvalue weighted by molar-refractivity contribution is 6.34. The highest BCUT2D eigenvalue weighted by atomic mass is 16.5. The minimum absolute atomic E-state index is 0.177. The fraction of sp³-hybridized carbons (Fsp3) is 0.588. The summed E-state index contributed by atoms with van der Waals surface area (Å²) in [5.74, 6) is -1.03. The number of amides is 2. The van der Waals surface area contributed by atoms with Gasteiger partial charge in [0.15, 0.2) is 0 Å². The second kappa shape index (κ2) is 10.7. The highest BCUT2D eigenvalue weighted by Crippen LogP contribution is 2.00. The Morgan fingerprint density at radius 2 is 2.00 bits per heavy atom. The Labute approximate surface area is 138 Å². The Balaban J connectivity index is 2.32. The summed E-state index contributed by atoms with van der Waals surface area (Å²) in [7, 11) is 0. The van der Waals surface area contributed by atoms with Gasteiger partial charge in [-0.3, -0.25) is 14.6 Å². The minimum Gasteiger partial charge on any atom is -0.379 e. The van der Waals surface area contributed by atoms with Gasteiger partial charge in [0.1, 0.15) is 0 Å². The highest BCUT2D eigenvalue weighted by Gasteiger charge is 2.19. The van der Waals surface area contributed by atoms with Crippen LogP contribution in [0.15, 0.2) is 24.5 Å². The van der Waals surface area contributed by atoms with Crippen LogP contribution in [0.3, 0.4) is 0 Å². The van der Waals surface area contributed by atoms with Crippen molar-refractivity contribution in [2.75, 3.05) is 26.2 Å². The Morgan fingerprint density at radius 3 is 2.61 bits per heavy atom. The van der Waals surface area contributed by atoms with Crippen LogP contribution in [-0.4, -0.2) is 54.0 Å². The van der Waals surface area contributed by atoms with Gasteiger partial charge in [-0.1, -0.05) is 0 Å². The van der Waals surface area contributed by atoms with E-state index in [1.807, 2.05) is 32.9 Å². The van der Waals surface area contributed by atoms with E-state index in [0.717, 1.165) is 5.56 Å². The van der Waals surface area contributed by atoms with Crippen LogP contribution in [0, 0.1) is 0 Å². The van der Waals surface area contributed by atoms with Gasteiger partial charge in [0.2, 0.25) is 0 Å². The van der Waals surface area contributed by atoms with Crippen LogP contribution in [0.5, 0.6) is 0 Å². The predicted octanol–water partition coefficient (Wildman–Crippen LogP) is 1.40. The number of nitrogens with zero attached hydrogens (tertiary/aromatic N) is 2. The number of rotatable bonds is 9. The summed E-state index contributed by atoms with van der Waals surface area (Å²) in [6, 6.07) is 3.82. The first-order valence-electron chi connectivity index (χ1n) is 8.12. The van der Waals surface area contributed by atoms with Crippen LogP contribution < -0.4 is 5.32 Å². The molecule has 1 aromatic rings. The Bertz CT molecular complexity index is 477. The normalized spacial score (nSPS) is 10.6. The van der Waals surface area contributed by atoms with Crippen molar-refractivity contribution in [2.24, 2.45) is 0 Å². The molecule has 2 amide bonds. The third kappa shape index (κ3) is 7.74. The lowest BCUT2D eigenvalue weighted by molar-refractivity contribution is -0.145. The number of ether oxygens (including phenoxy) is 1. The van der Waals surface area contributed by atoms with E-state index >= 15 is 0 Å². The van der Waals surface area contributed by atoms with Crippen molar-refractivity contribution in [3.63, 3.8) is 0 Å². The third-order valence-corrected chi connectivity index (χ3v) is 3.34. The number of likely N-dealkylation sites (N-methyl/N-ethyl adjacent to an activating group) is 1. The second-order valence-electron chi connectivity index (χ2n) is 5.52. The van der Waals surface area contributed by atoms with Crippen molar-refractivity contribution < 1.29 is 14.3 Å². The average Bonchev–Trinajstić information content (AvgIpc) is 2.55. The Hall–Kier alpha value is -1.95. The van der Waals surface area contributed by atoms with E-state index < -0.39 is 11.8 Å². The largest absolute Gasteiger partial charge is 0.379 e. The van der Waals surface area contributed by atoms with Gasteiger partial charge in [0, 0.05) is 38.6 Å². The van der Waals surface area contributed by atoms with Gasteiger partial charge in [0.05, 0.1) is 6.10 Å². The fourth-order valence-electron chi connectivity index (χ4n) is 2.03. The van der Waals surface area contributed by atoms with Gasteiger partial charge in [-0.25, -0.2) is 0 Å². The van der Waals surface area contributed by atoms with Gasteiger partial charge in [-0.15, -0.1) is 0 Å². The average molecular weight is 321 g/mol.